The molecule has 1 aromatic carbocycles. The monoisotopic (exact) mass is 353 g/mol. The summed E-state index contributed by atoms with van der Waals surface area (Å²) in [5.41, 5.74) is 1.89. The van der Waals surface area contributed by atoms with Gasteiger partial charge in [0.2, 0.25) is 0 Å². The van der Waals surface area contributed by atoms with Crippen molar-refractivity contribution >= 4 is 5.82 Å². The van der Waals surface area contributed by atoms with Crippen LogP contribution in [-0.2, 0) is 4.74 Å². The van der Waals surface area contributed by atoms with Gasteiger partial charge in [0.1, 0.15) is 11.9 Å². The minimum atomic E-state index is -0.246. The smallest absolute Gasteiger partial charge is 0.175 e. The van der Waals surface area contributed by atoms with Crippen molar-refractivity contribution in [2.24, 2.45) is 0 Å². The SMILES string of the molecule is Cc1ccn(-c2ccc(N3CC(C)OC(c4ccc(F)cc4)C3)nn2)n1. The van der Waals surface area contributed by atoms with Crippen LogP contribution >= 0.6 is 0 Å². The second kappa shape index (κ2) is 6.84. The van der Waals surface area contributed by atoms with E-state index >= 15 is 0 Å². The Morgan fingerprint density at radius 2 is 1.73 bits per heavy atom. The number of anilines is 1. The Kier molecular flexibility index (Phi) is 4.38. The van der Waals surface area contributed by atoms with E-state index in [2.05, 4.69) is 20.2 Å². The largest absolute Gasteiger partial charge is 0.367 e. The summed E-state index contributed by atoms with van der Waals surface area (Å²) in [4.78, 5) is 2.15. The third-order valence-corrected chi connectivity index (χ3v) is 4.42. The molecule has 6 nitrogen and oxygen atoms in total. The quantitative estimate of drug-likeness (QED) is 0.724. The first-order chi connectivity index (χ1) is 12.6. The van der Waals surface area contributed by atoms with Crippen molar-refractivity contribution in [3.63, 3.8) is 0 Å². The number of rotatable bonds is 3. The molecule has 0 saturated carbocycles. The summed E-state index contributed by atoms with van der Waals surface area (Å²) < 4.78 is 20.9. The first-order valence-corrected chi connectivity index (χ1v) is 8.61. The minimum absolute atomic E-state index is 0.0362. The third kappa shape index (κ3) is 3.43. The lowest BCUT2D eigenvalue weighted by Gasteiger charge is -2.37. The number of hydrogen-bond acceptors (Lipinski definition) is 5. The molecule has 7 heteroatoms. The van der Waals surface area contributed by atoms with Gasteiger partial charge < -0.3 is 9.64 Å². The Labute approximate surface area is 151 Å². The molecule has 0 radical (unpaired) electrons. The molecular formula is C19H20FN5O. The zero-order valence-electron chi connectivity index (χ0n) is 14.7. The second-order valence-electron chi connectivity index (χ2n) is 6.54. The lowest BCUT2D eigenvalue weighted by Crippen LogP contribution is -2.43. The van der Waals surface area contributed by atoms with Crippen molar-refractivity contribution in [2.75, 3.05) is 18.0 Å². The number of ether oxygens (including phenoxy) is 1. The summed E-state index contributed by atoms with van der Waals surface area (Å²) in [5, 5.41) is 13.0. The summed E-state index contributed by atoms with van der Waals surface area (Å²) in [6, 6.07) is 12.2. The van der Waals surface area contributed by atoms with E-state index in [1.54, 1.807) is 16.8 Å². The number of hydrogen-bond donors (Lipinski definition) is 0. The van der Waals surface area contributed by atoms with Crippen molar-refractivity contribution in [1.82, 2.24) is 20.0 Å². The summed E-state index contributed by atoms with van der Waals surface area (Å²) in [5.74, 6) is 1.22. The Hall–Kier alpha value is -2.80. The topological polar surface area (TPSA) is 56.1 Å². The van der Waals surface area contributed by atoms with Crippen LogP contribution in [0.1, 0.15) is 24.3 Å². The van der Waals surface area contributed by atoms with Gasteiger partial charge in [0, 0.05) is 19.3 Å². The summed E-state index contributed by atoms with van der Waals surface area (Å²) in [7, 11) is 0. The number of aromatic nitrogens is 4. The molecule has 26 heavy (non-hydrogen) atoms. The Bertz CT molecular complexity index is 878. The molecule has 2 atom stereocenters. The highest BCUT2D eigenvalue weighted by Gasteiger charge is 2.27. The predicted molar refractivity (Wildman–Crippen MR) is 95.8 cm³/mol. The molecule has 1 aliphatic rings. The van der Waals surface area contributed by atoms with E-state index in [0.717, 1.165) is 23.6 Å². The van der Waals surface area contributed by atoms with Crippen LogP contribution in [0.4, 0.5) is 10.2 Å². The van der Waals surface area contributed by atoms with Crippen LogP contribution in [0.25, 0.3) is 5.82 Å². The zero-order valence-corrected chi connectivity index (χ0v) is 14.7. The molecular weight excluding hydrogens is 333 g/mol. The van der Waals surface area contributed by atoms with Crippen LogP contribution in [0.15, 0.2) is 48.7 Å². The summed E-state index contributed by atoms with van der Waals surface area (Å²) in [6.07, 6.45) is 1.77. The Morgan fingerprint density at radius 3 is 2.38 bits per heavy atom. The Balaban J connectivity index is 1.53. The van der Waals surface area contributed by atoms with Crippen molar-refractivity contribution in [2.45, 2.75) is 26.1 Å². The molecule has 0 spiro atoms. The highest BCUT2D eigenvalue weighted by Crippen LogP contribution is 2.28. The first kappa shape index (κ1) is 16.7. The third-order valence-electron chi connectivity index (χ3n) is 4.42. The molecule has 2 unspecified atom stereocenters. The lowest BCUT2D eigenvalue weighted by molar-refractivity contribution is -0.0176. The van der Waals surface area contributed by atoms with Gasteiger partial charge in [0.05, 0.1) is 11.8 Å². The van der Waals surface area contributed by atoms with Crippen molar-refractivity contribution in [1.29, 1.82) is 0 Å². The zero-order chi connectivity index (χ0) is 18.1. The number of halogens is 1. The summed E-state index contributed by atoms with van der Waals surface area (Å²) in [6.45, 7) is 5.33. The number of nitrogens with zero attached hydrogens (tertiary/aromatic N) is 5. The Morgan fingerprint density at radius 1 is 1.00 bits per heavy atom. The standard InChI is InChI=1S/C19H20FN5O/c1-13-9-10-25(23-13)19-8-7-18(21-22-19)24-11-14(2)26-17(12-24)15-3-5-16(20)6-4-15/h3-10,14,17H,11-12H2,1-2H3. The van der Waals surface area contributed by atoms with E-state index in [1.165, 1.54) is 12.1 Å². The van der Waals surface area contributed by atoms with Gasteiger partial charge in [0.25, 0.3) is 0 Å². The normalized spacial score (nSPS) is 20.3. The molecule has 1 aliphatic heterocycles. The molecule has 1 saturated heterocycles. The van der Waals surface area contributed by atoms with Crippen LogP contribution in [0, 0.1) is 12.7 Å². The van der Waals surface area contributed by atoms with Gasteiger partial charge in [-0.2, -0.15) is 5.10 Å². The number of benzene rings is 1. The maximum atomic E-state index is 13.2. The number of aryl methyl sites for hydroxylation is 1. The fourth-order valence-corrected chi connectivity index (χ4v) is 3.15. The fourth-order valence-electron chi connectivity index (χ4n) is 3.15. The maximum absolute atomic E-state index is 13.2. The average Bonchev–Trinajstić information content (AvgIpc) is 3.08. The van der Waals surface area contributed by atoms with E-state index in [9.17, 15) is 4.39 Å². The van der Waals surface area contributed by atoms with Crippen molar-refractivity contribution < 1.29 is 9.13 Å². The fraction of sp³-hybridized carbons (Fsp3) is 0.316. The molecule has 134 valence electrons. The molecule has 0 N–H and O–H groups in total. The van der Waals surface area contributed by atoms with Gasteiger partial charge in [-0.15, -0.1) is 10.2 Å². The van der Waals surface area contributed by atoms with Crippen LogP contribution in [0.2, 0.25) is 0 Å². The highest BCUT2D eigenvalue weighted by atomic mass is 19.1. The van der Waals surface area contributed by atoms with Crippen molar-refractivity contribution in [3.05, 3.63) is 65.7 Å². The van der Waals surface area contributed by atoms with Gasteiger partial charge in [-0.25, -0.2) is 9.07 Å². The van der Waals surface area contributed by atoms with Crippen molar-refractivity contribution in [3.8, 4) is 5.82 Å². The first-order valence-electron chi connectivity index (χ1n) is 8.61. The highest BCUT2D eigenvalue weighted by molar-refractivity contribution is 5.41. The molecule has 0 aliphatic carbocycles. The van der Waals surface area contributed by atoms with Crippen LogP contribution in [0.3, 0.4) is 0 Å². The molecule has 3 heterocycles. The average molecular weight is 353 g/mol. The van der Waals surface area contributed by atoms with Gasteiger partial charge in [-0.3, -0.25) is 0 Å². The van der Waals surface area contributed by atoms with E-state index in [1.807, 2.05) is 38.2 Å². The molecule has 4 rings (SSSR count). The molecule has 2 aromatic heterocycles. The molecule has 3 aromatic rings. The van der Waals surface area contributed by atoms with Crippen LogP contribution in [-0.4, -0.2) is 39.2 Å². The summed E-state index contributed by atoms with van der Waals surface area (Å²) >= 11 is 0. The second-order valence-corrected chi connectivity index (χ2v) is 6.54. The van der Waals surface area contributed by atoms with E-state index in [4.69, 9.17) is 4.74 Å². The van der Waals surface area contributed by atoms with Crippen LogP contribution < -0.4 is 4.90 Å². The van der Waals surface area contributed by atoms with Gasteiger partial charge in [0.15, 0.2) is 11.6 Å². The van der Waals surface area contributed by atoms with Gasteiger partial charge in [-0.05, 0) is 49.7 Å². The number of morpholine rings is 1. The minimum Gasteiger partial charge on any atom is -0.367 e. The van der Waals surface area contributed by atoms with E-state index in [-0.39, 0.29) is 18.0 Å². The molecule has 0 bridgehead atoms. The van der Waals surface area contributed by atoms with Crippen LogP contribution in [0.5, 0.6) is 0 Å². The predicted octanol–water partition coefficient (Wildman–Crippen LogP) is 3.08. The van der Waals surface area contributed by atoms with E-state index < -0.39 is 0 Å². The van der Waals surface area contributed by atoms with E-state index in [0.29, 0.717) is 12.4 Å². The lowest BCUT2D eigenvalue weighted by atomic mass is 10.1. The van der Waals surface area contributed by atoms with Gasteiger partial charge >= 0.3 is 0 Å². The van der Waals surface area contributed by atoms with Gasteiger partial charge in [-0.1, -0.05) is 12.1 Å². The maximum Gasteiger partial charge on any atom is 0.175 e. The molecule has 1 fully saturated rings. The molecule has 0 amide bonds.